The molecule has 0 saturated carbocycles. The van der Waals surface area contributed by atoms with E-state index in [1.54, 1.807) is 24.3 Å². The molecular formula is C51H58N5O15+. The number of allylic oxidation sites excluding steroid dienone is 2. The second-order valence-corrected chi connectivity index (χ2v) is 17.2. The second-order valence-electron chi connectivity index (χ2n) is 17.2. The first-order chi connectivity index (χ1) is 34.4. The summed E-state index contributed by atoms with van der Waals surface area (Å²) in [6.45, 7) is 6.51. The molecule has 1 N–H and O–H groups in total. The van der Waals surface area contributed by atoms with Crippen LogP contribution in [0.2, 0.25) is 0 Å². The number of ether oxygens (including phenoxy) is 8. The molecule has 20 heteroatoms. The Labute approximate surface area is 410 Å². The third-order valence-corrected chi connectivity index (χ3v) is 12.6. The number of aliphatic imine (C=N–C) groups is 2. The second kappa shape index (κ2) is 22.8. The van der Waals surface area contributed by atoms with E-state index < -0.39 is 22.6 Å². The molecule has 5 aliphatic heterocycles. The van der Waals surface area contributed by atoms with Gasteiger partial charge in [-0.2, -0.15) is 5.21 Å². The molecule has 376 valence electrons. The van der Waals surface area contributed by atoms with Crippen molar-refractivity contribution >= 4 is 53.4 Å². The van der Waals surface area contributed by atoms with E-state index in [1.807, 2.05) is 66.4 Å². The maximum absolute atomic E-state index is 13.7. The van der Waals surface area contributed by atoms with Gasteiger partial charge >= 0.3 is 17.8 Å². The number of nitrogens with zero attached hydrogens (tertiary/aromatic N) is 5. The maximum Gasteiger partial charge on any atom is 0.397 e. The van der Waals surface area contributed by atoms with Gasteiger partial charge < -0.3 is 47.7 Å². The monoisotopic (exact) mass is 980 g/mol. The Bertz CT molecular complexity index is 2510. The minimum atomic E-state index is -1.96. The number of hydrogen-bond donors (Lipinski definition) is 1. The van der Waals surface area contributed by atoms with Crippen LogP contribution in [0.15, 0.2) is 75.7 Å². The highest BCUT2D eigenvalue weighted by atomic mass is 17.0. The van der Waals surface area contributed by atoms with Gasteiger partial charge in [0.15, 0.2) is 23.0 Å². The third-order valence-electron chi connectivity index (χ3n) is 12.6. The summed E-state index contributed by atoms with van der Waals surface area (Å²) in [5.74, 6) is -0.863. The molecule has 3 saturated heterocycles. The minimum Gasteiger partial charge on any atom is -0.493 e. The first-order valence-corrected chi connectivity index (χ1v) is 23.5. The molecule has 3 aromatic rings. The first kappa shape index (κ1) is 50.4. The van der Waals surface area contributed by atoms with E-state index in [2.05, 4.69) is 4.84 Å². The molecule has 0 aliphatic carbocycles. The number of amides is 4. The zero-order valence-electron chi connectivity index (χ0n) is 40.2. The fourth-order valence-corrected chi connectivity index (χ4v) is 8.70. The smallest absolute Gasteiger partial charge is 0.397 e. The summed E-state index contributed by atoms with van der Waals surface area (Å²) in [7, 11) is 3.05. The molecule has 4 amide bonds. The lowest BCUT2D eigenvalue weighted by Crippen LogP contribution is -2.50. The van der Waals surface area contributed by atoms with E-state index in [4.69, 9.17) is 47.9 Å². The molecule has 20 nitrogen and oxygen atoms in total. The van der Waals surface area contributed by atoms with Crippen molar-refractivity contribution in [2.45, 2.75) is 71.2 Å². The Morgan fingerprint density at radius 1 is 0.634 bits per heavy atom. The van der Waals surface area contributed by atoms with E-state index in [-0.39, 0.29) is 103 Å². The van der Waals surface area contributed by atoms with Crippen molar-refractivity contribution in [3.8, 4) is 28.7 Å². The molecule has 0 radical (unpaired) electrons. The fourth-order valence-electron chi connectivity index (χ4n) is 8.70. The van der Waals surface area contributed by atoms with Crippen molar-refractivity contribution in [3.63, 3.8) is 0 Å². The van der Waals surface area contributed by atoms with Gasteiger partial charge in [-0.05, 0) is 68.1 Å². The Hall–Kier alpha value is -6.97. The van der Waals surface area contributed by atoms with Crippen LogP contribution in [-0.4, -0.2) is 147 Å². The predicted molar refractivity (Wildman–Crippen MR) is 254 cm³/mol. The number of imide groups is 1. The zero-order valence-corrected chi connectivity index (χ0v) is 40.2. The Morgan fingerprint density at radius 2 is 1.10 bits per heavy atom. The number of hydroxylamine groups is 4. The summed E-state index contributed by atoms with van der Waals surface area (Å²) >= 11 is 0. The van der Waals surface area contributed by atoms with Gasteiger partial charge in [0.25, 0.3) is 11.8 Å². The Balaban J connectivity index is 0.880. The number of fused-ring (bicyclic) bond motifs is 4. The Kier molecular flexibility index (Phi) is 16.2. The summed E-state index contributed by atoms with van der Waals surface area (Å²) in [5, 5.41) is 10.0. The number of rotatable bonds is 22. The van der Waals surface area contributed by atoms with Crippen molar-refractivity contribution in [1.82, 2.24) is 9.80 Å². The predicted octanol–water partition coefficient (Wildman–Crippen LogP) is 5.95. The SMILES string of the molecule is CC=C1C[C@H]2C=Nc3cc(OCc4cc(COc5cc6c(cc5OC)C(=O)N5CC(=CC)C[C@H]5C=N6)cc(OCCOCCOCCOCCC(=O)O[N+]5(O)C(=O)CCC5=O)c4)c(OC)cc3C(=O)N2C1. The highest BCUT2D eigenvalue weighted by Gasteiger charge is 2.55. The van der Waals surface area contributed by atoms with Gasteiger partial charge in [0.2, 0.25) is 0 Å². The molecule has 0 aromatic heterocycles. The van der Waals surface area contributed by atoms with Crippen molar-refractivity contribution in [2.75, 3.05) is 73.6 Å². The number of hydrogen-bond acceptors (Lipinski definition) is 17. The fraction of sp³-hybridized carbons (Fsp3) is 0.431. The minimum absolute atomic E-state index is 0.0621. The highest BCUT2D eigenvalue weighted by Crippen LogP contribution is 2.41. The average Bonchev–Trinajstić information content (AvgIpc) is 4.02. The normalized spacial score (nSPS) is 19.9. The third kappa shape index (κ3) is 11.6. The molecule has 71 heavy (non-hydrogen) atoms. The van der Waals surface area contributed by atoms with Crippen molar-refractivity contribution in [1.29, 1.82) is 0 Å². The number of quaternary nitrogens is 1. The molecule has 0 bridgehead atoms. The molecule has 8 rings (SSSR count). The Morgan fingerprint density at radius 3 is 1.56 bits per heavy atom. The van der Waals surface area contributed by atoms with Crippen LogP contribution in [0.5, 0.6) is 28.7 Å². The zero-order chi connectivity index (χ0) is 50.1. The number of carbonyl (C=O) groups excluding carboxylic acids is 5. The van der Waals surface area contributed by atoms with E-state index in [9.17, 15) is 29.2 Å². The van der Waals surface area contributed by atoms with Crippen LogP contribution in [0.3, 0.4) is 0 Å². The topological polar surface area (TPSA) is 220 Å². The highest BCUT2D eigenvalue weighted by molar-refractivity contribution is 6.05. The largest absolute Gasteiger partial charge is 0.493 e. The van der Waals surface area contributed by atoms with Gasteiger partial charge in [-0.25, -0.2) is 19.2 Å². The molecule has 5 aliphatic rings. The van der Waals surface area contributed by atoms with Crippen LogP contribution in [0.25, 0.3) is 0 Å². The van der Waals surface area contributed by atoms with Gasteiger partial charge in [-0.1, -0.05) is 23.3 Å². The van der Waals surface area contributed by atoms with Crippen LogP contribution < -0.4 is 23.7 Å². The van der Waals surface area contributed by atoms with E-state index in [1.165, 1.54) is 25.4 Å². The van der Waals surface area contributed by atoms with Gasteiger partial charge in [0.1, 0.15) is 30.4 Å². The van der Waals surface area contributed by atoms with Crippen LogP contribution in [0, 0.1) is 0 Å². The van der Waals surface area contributed by atoms with E-state index in [0.29, 0.717) is 64.3 Å². The van der Waals surface area contributed by atoms with Gasteiger partial charge in [-0.3, -0.25) is 19.6 Å². The van der Waals surface area contributed by atoms with Gasteiger partial charge in [-0.15, -0.1) is 0 Å². The lowest BCUT2D eigenvalue weighted by Gasteiger charge is -2.20. The van der Waals surface area contributed by atoms with Crippen molar-refractivity contribution < 1.29 is 76.7 Å². The summed E-state index contributed by atoms with van der Waals surface area (Å²) in [4.78, 5) is 78.6. The quantitative estimate of drug-likeness (QED) is 0.0405. The lowest BCUT2D eigenvalue weighted by molar-refractivity contribution is -1.12. The van der Waals surface area contributed by atoms with Crippen molar-refractivity contribution in [3.05, 3.63) is 88.0 Å². The molecule has 3 fully saturated rings. The van der Waals surface area contributed by atoms with Crippen LogP contribution in [0.4, 0.5) is 11.4 Å². The number of carbonyl (C=O) groups is 5. The van der Waals surface area contributed by atoms with Crippen molar-refractivity contribution in [2.24, 2.45) is 9.98 Å². The number of methoxy groups -OCH3 is 2. The molecule has 5 heterocycles. The van der Waals surface area contributed by atoms with Gasteiger partial charge in [0.05, 0.1) is 108 Å². The molecule has 0 spiro atoms. The summed E-state index contributed by atoms with van der Waals surface area (Å²) < 4.78 is 47.0. The molecule has 0 unspecified atom stereocenters. The standard InChI is InChI=1S/C51H58N5O15/c1-5-32-18-36-26-52-41-24-45(43(63-3)22-39(41)50(60)54(36)28-32)69-30-34-17-35(31-70-46-25-42-40(23-44(46)64-4)51(61)55-29-33(6-2)19-37(55)27-53-42)21-38(20-34)68-16-15-67-14-13-66-12-11-65-10-9-49(59)71-56(62)47(57)7-8-48(56)58/h5-6,17,20-27,36-37,62H,7-16,18-19,28-31H2,1-4H3/q+1/t36-,37-/m0/s1. The summed E-state index contributed by atoms with van der Waals surface area (Å²) in [6, 6.07) is 12.2. The van der Waals surface area contributed by atoms with E-state index in [0.717, 1.165) is 24.0 Å². The molecular weight excluding hydrogens is 923 g/mol. The summed E-state index contributed by atoms with van der Waals surface area (Å²) in [5.41, 5.74) is 5.71. The molecule has 3 aromatic carbocycles. The molecule has 2 atom stereocenters. The van der Waals surface area contributed by atoms with Crippen LogP contribution in [-0.2, 0) is 46.6 Å². The van der Waals surface area contributed by atoms with Crippen LogP contribution >= 0.6 is 0 Å². The van der Waals surface area contributed by atoms with Crippen LogP contribution in [0.1, 0.15) is 77.8 Å². The van der Waals surface area contributed by atoms with Gasteiger partial charge in [0, 0.05) is 37.7 Å². The van der Waals surface area contributed by atoms with E-state index >= 15 is 0 Å². The average molecular weight is 981 g/mol. The number of benzene rings is 3. The summed E-state index contributed by atoms with van der Waals surface area (Å²) in [6.07, 6.45) is 8.54. The first-order valence-electron chi connectivity index (χ1n) is 23.5. The lowest BCUT2D eigenvalue weighted by atomic mass is 10.1. The maximum atomic E-state index is 13.7.